The van der Waals surface area contributed by atoms with Crippen LogP contribution >= 0.6 is 11.3 Å². The third kappa shape index (κ3) is 5.25. The second-order valence-corrected chi connectivity index (χ2v) is 7.93. The zero-order valence-corrected chi connectivity index (χ0v) is 18.3. The highest BCUT2D eigenvalue weighted by atomic mass is 32.1. The van der Waals surface area contributed by atoms with Gasteiger partial charge in [-0.25, -0.2) is 0 Å². The number of hydrogen-bond acceptors (Lipinski definition) is 5. The molecule has 0 saturated carbocycles. The maximum atomic E-state index is 13.1. The average molecular weight is 429 g/mol. The van der Waals surface area contributed by atoms with E-state index in [4.69, 9.17) is 0 Å². The first-order valence-corrected chi connectivity index (χ1v) is 11.2. The fourth-order valence-corrected chi connectivity index (χ4v) is 4.15. The Balaban J connectivity index is 1.60. The van der Waals surface area contributed by atoms with Crippen LogP contribution in [0.25, 0.3) is 0 Å². The van der Waals surface area contributed by atoms with E-state index in [1.54, 1.807) is 40.6 Å². The quantitative estimate of drug-likeness (QED) is 0.736. The number of para-hydroxylation sites is 1. The largest absolute Gasteiger partial charge is 0.342 e. The highest BCUT2D eigenvalue weighted by Gasteiger charge is 2.26. The van der Waals surface area contributed by atoms with Gasteiger partial charge in [-0.15, -0.1) is 0 Å². The van der Waals surface area contributed by atoms with Gasteiger partial charge < -0.3 is 15.1 Å². The van der Waals surface area contributed by atoms with E-state index in [0.717, 1.165) is 0 Å². The van der Waals surface area contributed by atoms with Crippen LogP contribution in [0.3, 0.4) is 0 Å². The summed E-state index contributed by atoms with van der Waals surface area (Å²) in [5.41, 5.74) is 1.57. The Hall–Kier alpha value is -2.71. The predicted octanol–water partition coefficient (Wildman–Crippen LogP) is 2.63. The molecule has 8 heteroatoms. The molecule has 7 nitrogen and oxygen atoms in total. The van der Waals surface area contributed by atoms with Crippen molar-refractivity contribution >= 4 is 34.7 Å². The highest BCUT2D eigenvalue weighted by molar-refractivity contribution is 7.08. The molecule has 1 N–H and O–H groups in total. The summed E-state index contributed by atoms with van der Waals surface area (Å²) in [4.78, 5) is 43.5. The van der Waals surface area contributed by atoms with Gasteiger partial charge in [-0.3, -0.25) is 19.3 Å². The molecule has 0 radical (unpaired) electrons. The van der Waals surface area contributed by atoms with E-state index in [9.17, 15) is 14.4 Å². The molecule has 1 aliphatic heterocycles. The van der Waals surface area contributed by atoms with Crippen LogP contribution in [0.4, 0.5) is 5.69 Å². The van der Waals surface area contributed by atoms with E-state index in [-0.39, 0.29) is 17.7 Å². The molecule has 3 rings (SSSR count). The van der Waals surface area contributed by atoms with Gasteiger partial charge in [-0.2, -0.15) is 11.3 Å². The van der Waals surface area contributed by atoms with Crippen molar-refractivity contribution in [2.45, 2.75) is 13.8 Å². The second kappa shape index (κ2) is 10.4. The summed E-state index contributed by atoms with van der Waals surface area (Å²) >= 11 is 1.45. The van der Waals surface area contributed by atoms with E-state index >= 15 is 0 Å². The Morgan fingerprint density at radius 3 is 2.37 bits per heavy atom. The molecule has 1 saturated heterocycles. The normalized spacial score (nSPS) is 14.4. The fourth-order valence-electron chi connectivity index (χ4n) is 3.51. The number of nitrogens with one attached hydrogen (secondary N) is 1. The minimum Gasteiger partial charge on any atom is -0.342 e. The Bertz CT molecular complexity index is 872. The van der Waals surface area contributed by atoms with E-state index in [0.29, 0.717) is 62.6 Å². The maximum absolute atomic E-state index is 13.1. The highest BCUT2D eigenvalue weighted by Crippen LogP contribution is 2.20. The maximum Gasteiger partial charge on any atom is 0.256 e. The van der Waals surface area contributed by atoms with Gasteiger partial charge in [-0.05, 0) is 37.4 Å². The number of anilines is 1. The van der Waals surface area contributed by atoms with Gasteiger partial charge in [0, 0.05) is 44.6 Å². The lowest BCUT2D eigenvalue weighted by atomic mass is 10.1. The van der Waals surface area contributed by atoms with Crippen LogP contribution in [-0.2, 0) is 4.79 Å². The third-order valence-electron chi connectivity index (χ3n) is 5.32. The number of thiophene rings is 1. The summed E-state index contributed by atoms with van der Waals surface area (Å²) in [6.07, 6.45) is 0. The van der Waals surface area contributed by atoms with Crippen LogP contribution in [0.15, 0.2) is 41.1 Å². The smallest absolute Gasteiger partial charge is 0.256 e. The van der Waals surface area contributed by atoms with Gasteiger partial charge in [0.2, 0.25) is 5.91 Å². The summed E-state index contributed by atoms with van der Waals surface area (Å²) in [5, 5.41) is 6.47. The molecule has 30 heavy (non-hydrogen) atoms. The summed E-state index contributed by atoms with van der Waals surface area (Å²) in [7, 11) is 0. The topological polar surface area (TPSA) is 73.0 Å². The molecule has 1 aliphatic rings. The standard InChI is InChI=1S/C22H28N4O3S/c1-3-25(4-2)20(27)15-24-10-12-26(13-11-24)22(29)18-7-5-6-8-19(18)23-21(28)17-9-14-30-16-17/h5-9,14,16H,3-4,10-13,15H2,1-2H3,(H,23,28). The zero-order chi connectivity index (χ0) is 21.5. The number of likely N-dealkylation sites (N-methyl/N-ethyl adjacent to an activating group) is 1. The Morgan fingerprint density at radius 1 is 1.03 bits per heavy atom. The Morgan fingerprint density at radius 2 is 1.73 bits per heavy atom. The molecule has 3 amide bonds. The molecule has 0 spiro atoms. The minimum absolute atomic E-state index is 0.106. The molecule has 0 aliphatic carbocycles. The van der Waals surface area contributed by atoms with Crippen LogP contribution in [-0.4, -0.2) is 78.2 Å². The molecule has 160 valence electrons. The molecular formula is C22H28N4O3S. The number of amides is 3. The van der Waals surface area contributed by atoms with E-state index < -0.39 is 0 Å². The number of piperazine rings is 1. The summed E-state index contributed by atoms with van der Waals surface area (Å²) < 4.78 is 0. The lowest BCUT2D eigenvalue weighted by molar-refractivity contribution is -0.132. The van der Waals surface area contributed by atoms with E-state index in [1.807, 2.05) is 24.1 Å². The first-order chi connectivity index (χ1) is 14.5. The van der Waals surface area contributed by atoms with Crippen LogP contribution in [0, 0.1) is 0 Å². The van der Waals surface area contributed by atoms with Crippen molar-refractivity contribution in [2.24, 2.45) is 0 Å². The summed E-state index contributed by atoms with van der Waals surface area (Å²) in [6.45, 7) is 8.18. The van der Waals surface area contributed by atoms with Crippen molar-refractivity contribution in [3.05, 3.63) is 52.2 Å². The van der Waals surface area contributed by atoms with Gasteiger partial charge >= 0.3 is 0 Å². The van der Waals surface area contributed by atoms with Crippen LogP contribution in [0.2, 0.25) is 0 Å². The minimum atomic E-state index is -0.226. The summed E-state index contributed by atoms with van der Waals surface area (Å²) in [5.74, 6) is -0.205. The Labute approximate surface area is 181 Å². The second-order valence-electron chi connectivity index (χ2n) is 7.15. The average Bonchev–Trinajstić information content (AvgIpc) is 3.30. The lowest BCUT2D eigenvalue weighted by Gasteiger charge is -2.35. The first kappa shape index (κ1) is 22.0. The number of rotatable bonds is 7. The molecule has 2 aromatic rings. The monoisotopic (exact) mass is 428 g/mol. The molecule has 0 unspecified atom stereocenters. The number of carbonyl (C=O) groups is 3. The van der Waals surface area contributed by atoms with Crippen molar-refractivity contribution in [2.75, 3.05) is 51.1 Å². The van der Waals surface area contributed by atoms with Gasteiger partial charge in [0.25, 0.3) is 11.8 Å². The molecule has 0 atom stereocenters. The number of hydrogen-bond donors (Lipinski definition) is 1. The SMILES string of the molecule is CCN(CC)C(=O)CN1CCN(C(=O)c2ccccc2NC(=O)c2ccsc2)CC1. The van der Waals surface area contributed by atoms with Crippen molar-refractivity contribution in [1.29, 1.82) is 0 Å². The molecule has 2 heterocycles. The molecule has 1 fully saturated rings. The fraction of sp³-hybridized carbons (Fsp3) is 0.409. The van der Waals surface area contributed by atoms with Crippen molar-refractivity contribution in [3.63, 3.8) is 0 Å². The van der Waals surface area contributed by atoms with Gasteiger partial charge in [-0.1, -0.05) is 12.1 Å². The predicted molar refractivity (Wildman–Crippen MR) is 119 cm³/mol. The Kier molecular flexibility index (Phi) is 7.59. The molecule has 0 bridgehead atoms. The number of carbonyl (C=O) groups excluding carboxylic acids is 3. The van der Waals surface area contributed by atoms with Gasteiger partial charge in [0.1, 0.15) is 0 Å². The third-order valence-corrected chi connectivity index (χ3v) is 6.01. The van der Waals surface area contributed by atoms with Crippen molar-refractivity contribution in [3.8, 4) is 0 Å². The molecular weight excluding hydrogens is 400 g/mol. The van der Waals surface area contributed by atoms with Gasteiger partial charge in [0.05, 0.1) is 23.4 Å². The van der Waals surface area contributed by atoms with Crippen molar-refractivity contribution in [1.82, 2.24) is 14.7 Å². The molecule has 1 aromatic carbocycles. The van der Waals surface area contributed by atoms with Crippen LogP contribution in [0.5, 0.6) is 0 Å². The van der Waals surface area contributed by atoms with E-state index in [1.165, 1.54) is 11.3 Å². The lowest BCUT2D eigenvalue weighted by Crippen LogP contribution is -2.51. The first-order valence-electron chi connectivity index (χ1n) is 10.3. The van der Waals surface area contributed by atoms with Gasteiger partial charge in [0.15, 0.2) is 0 Å². The van der Waals surface area contributed by atoms with Crippen molar-refractivity contribution < 1.29 is 14.4 Å². The van der Waals surface area contributed by atoms with Crippen LogP contribution < -0.4 is 5.32 Å². The number of benzene rings is 1. The van der Waals surface area contributed by atoms with E-state index in [2.05, 4.69) is 10.2 Å². The zero-order valence-electron chi connectivity index (χ0n) is 17.5. The summed E-state index contributed by atoms with van der Waals surface area (Å²) in [6, 6.07) is 8.84. The number of nitrogens with zero attached hydrogens (tertiary/aromatic N) is 3. The van der Waals surface area contributed by atoms with Crippen LogP contribution in [0.1, 0.15) is 34.6 Å². The molecule has 1 aromatic heterocycles.